The van der Waals surface area contributed by atoms with Gasteiger partial charge in [-0.3, -0.25) is 4.90 Å². The maximum atomic E-state index is 13.3. The zero-order valence-electron chi connectivity index (χ0n) is 35.1. The molecule has 0 amide bonds. The van der Waals surface area contributed by atoms with Crippen LogP contribution in [0.15, 0.2) is 66.2 Å². The minimum atomic E-state index is -2.34. The molecule has 1 aliphatic heterocycles. The first-order valence-electron chi connectivity index (χ1n) is 19.7. The van der Waals surface area contributed by atoms with Crippen molar-refractivity contribution < 1.29 is 19.1 Å². The average molecular weight is 790 g/mol. The average Bonchev–Trinajstić information content (AvgIpc) is 3.08. The van der Waals surface area contributed by atoms with Crippen LogP contribution < -0.4 is 14.8 Å². The zero-order valence-corrected chi connectivity index (χ0v) is 37.8. The number of rotatable bonds is 11. The molecule has 1 saturated heterocycles. The molecule has 0 atom stereocenters. The fourth-order valence-electron chi connectivity index (χ4n) is 7.20. The van der Waals surface area contributed by atoms with Gasteiger partial charge in [0.05, 0.1) is 14.7 Å². The molecule has 1 fully saturated rings. The van der Waals surface area contributed by atoms with Gasteiger partial charge in [0.25, 0.3) is 0 Å². The lowest BCUT2D eigenvalue weighted by Gasteiger charge is -2.41. The van der Waals surface area contributed by atoms with Crippen LogP contribution in [0.5, 0.6) is 11.5 Å². The van der Waals surface area contributed by atoms with Gasteiger partial charge < -0.3 is 19.2 Å². The van der Waals surface area contributed by atoms with E-state index in [2.05, 4.69) is 110 Å². The molecular weight excluding hydrogens is 724 g/mol. The quantitative estimate of drug-likeness (QED) is 0.195. The van der Waals surface area contributed by atoms with Gasteiger partial charge in [-0.05, 0) is 88.4 Å². The highest BCUT2D eigenvalue weighted by atomic mass is 35.5. The molecule has 5 rings (SSSR count). The Morgan fingerprint density at radius 1 is 0.870 bits per heavy atom. The fraction of sp³-hybridized carbons (Fsp3) is 0.533. The third kappa shape index (κ3) is 9.55. The Morgan fingerprint density at radius 2 is 1.50 bits per heavy atom. The third-order valence-corrected chi connectivity index (χ3v) is 23.2. The van der Waals surface area contributed by atoms with E-state index in [0.29, 0.717) is 18.1 Å². The largest absolute Gasteiger partial charge is 0.478 e. The maximum Gasteiger partial charge on any atom is 0.339 e. The summed E-state index contributed by atoms with van der Waals surface area (Å²) in [5, 5.41) is 12.5. The molecule has 0 unspecified atom stereocenters. The Labute approximate surface area is 333 Å². The molecule has 1 heterocycles. The van der Waals surface area contributed by atoms with E-state index in [0.717, 1.165) is 67.0 Å². The monoisotopic (exact) mass is 788 g/mol. The van der Waals surface area contributed by atoms with Gasteiger partial charge in [-0.15, -0.1) is 0 Å². The van der Waals surface area contributed by atoms with Gasteiger partial charge in [0, 0.05) is 55.1 Å². The van der Waals surface area contributed by atoms with Crippen molar-refractivity contribution in [1.29, 1.82) is 0 Å². The molecule has 0 aromatic heterocycles. The number of para-hydroxylation sites is 1. The van der Waals surface area contributed by atoms with E-state index in [1.165, 1.54) is 17.6 Å². The van der Waals surface area contributed by atoms with Gasteiger partial charge in [-0.2, -0.15) is 0 Å². The smallest absolute Gasteiger partial charge is 0.339 e. The number of carboxylic acids is 1. The Kier molecular flexibility index (Phi) is 12.5. The number of hydrogen-bond donors (Lipinski definition) is 1. The summed E-state index contributed by atoms with van der Waals surface area (Å²) in [5.41, 5.74) is 6.83. The van der Waals surface area contributed by atoms with Crippen LogP contribution in [0.2, 0.25) is 41.3 Å². The van der Waals surface area contributed by atoms with Crippen LogP contribution in [-0.4, -0.2) is 65.1 Å². The lowest BCUT2D eigenvalue weighted by atomic mass is 9.72. The van der Waals surface area contributed by atoms with Crippen LogP contribution in [0.3, 0.4) is 0 Å². The number of ether oxygens (including phenoxy) is 1. The highest BCUT2D eigenvalue weighted by molar-refractivity contribution is 6.93. The second-order valence-corrected chi connectivity index (χ2v) is 30.0. The second kappa shape index (κ2) is 15.9. The van der Waals surface area contributed by atoms with Gasteiger partial charge in [0.2, 0.25) is 0 Å². The first kappa shape index (κ1) is 42.3. The number of aromatic carboxylic acids is 1. The Bertz CT molecular complexity index is 1850. The summed E-state index contributed by atoms with van der Waals surface area (Å²) in [7, 11) is -4.37. The Hall–Kier alpha value is -2.89. The number of benzene rings is 3. The number of carboxylic acid groups (broad SMARTS) is 1. The number of anilines is 1. The minimum Gasteiger partial charge on any atom is -0.478 e. The topological polar surface area (TPSA) is 62.2 Å². The predicted octanol–water partition coefficient (Wildman–Crippen LogP) is 11.9. The van der Waals surface area contributed by atoms with E-state index in [1.54, 1.807) is 5.57 Å². The van der Waals surface area contributed by atoms with Crippen molar-refractivity contribution in [2.45, 2.75) is 118 Å². The molecule has 0 spiro atoms. The van der Waals surface area contributed by atoms with E-state index in [1.807, 2.05) is 42.5 Å². The Balaban J connectivity index is 1.46. The third-order valence-electron chi connectivity index (χ3n) is 13.0. The first-order valence-corrected chi connectivity index (χ1v) is 26.0. The summed E-state index contributed by atoms with van der Waals surface area (Å²) < 4.78 is 13.4. The van der Waals surface area contributed by atoms with E-state index in [-0.39, 0.29) is 21.1 Å². The summed E-state index contributed by atoms with van der Waals surface area (Å²) in [5.74, 6) is 0.100. The molecule has 294 valence electrons. The molecule has 1 aliphatic carbocycles. The van der Waals surface area contributed by atoms with Crippen LogP contribution in [0.1, 0.15) is 96.1 Å². The van der Waals surface area contributed by atoms with Crippen molar-refractivity contribution in [3.8, 4) is 11.5 Å². The molecule has 6 nitrogen and oxygen atoms in total. The second-order valence-electron chi connectivity index (χ2n) is 19.5. The van der Waals surface area contributed by atoms with Gasteiger partial charge >= 0.3 is 5.97 Å². The predicted molar refractivity (Wildman–Crippen MR) is 233 cm³/mol. The summed E-state index contributed by atoms with van der Waals surface area (Å²) in [6.07, 6.45) is 3.38. The molecule has 0 bridgehead atoms. The number of halogens is 1. The molecular formula is C45H65ClN2O4Si2. The summed E-state index contributed by atoms with van der Waals surface area (Å²) in [4.78, 5) is 18.3. The lowest BCUT2D eigenvalue weighted by Crippen LogP contribution is -2.52. The molecule has 2 aliphatic rings. The van der Waals surface area contributed by atoms with Crippen molar-refractivity contribution in [3.05, 3.63) is 87.9 Å². The van der Waals surface area contributed by atoms with Crippen molar-refractivity contribution in [2.75, 3.05) is 37.6 Å². The van der Waals surface area contributed by atoms with Crippen LogP contribution >= 0.6 is 11.6 Å². The standard InChI is InChI=1S/C45H65ClN2O4Si2/c1-43(2,3)53(9,10)40-28-36(27-39(41(40)42(49)50)52-38-16-14-13-15-34(38)31-51-54(11,12)44(4,5)6)48-25-23-47(24-26-48)30-33-21-22-45(7,8)29-37(33)32-17-19-35(46)20-18-32/h13-20,27-28H,21-26,29-31H2,1-12H3,(H,49,50). The first-order chi connectivity index (χ1) is 25.0. The maximum absolute atomic E-state index is 13.3. The van der Waals surface area contributed by atoms with Crippen molar-refractivity contribution in [2.24, 2.45) is 5.41 Å². The number of piperazine rings is 1. The zero-order chi connectivity index (χ0) is 39.9. The van der Waals surface area contributed by atoms with Gasteiger partial charge in [0.15, 0.2) is 8.32 Å². The van der Waals surface area contributed by atoms with Crippen LogP contribution in [0, 0.1) is 5.41 Å². The van der Waals surface area contributed by atoms with E-state index in [9.17, 15) is 9.90 Å². The molecule has 3 aromatic carbocycles. The molecule has 1 N–H and O–H groups in total. The van der Waals surface area contributed by atoms with E-state index >= 15 is 0 Å². The van der Waals surface area contributed by atoms with E-state index < -0.39 is 22.4 Å². The molecule has 0 radical (unpaired) electrons. The summed E-state index contributed by atoms with van der Waals surface area (Å²) in [6, 6.07) is 20.4. The Morgan fingerprint density at radius 3 is 2.09 bits per heavy atom. The van der Waals surface area contributed by atoms with Crippen LogP contribution in [0.25, 0.3) is 5.57 Å². The van der Waals surface area contributed by atoms with Crippen molar-refractivity contribution in [3.63, 3.8) is 0 Å². The number of hydrogen-bond acceptors (Lipinski definition) is 5. The van der Waals surface area contributed by atoms with Crippen molar-refractivity contribution >= 4 is 50.4 Å². The summed E-state index contributed by atoms with van der Waals surface area (Å²) >= 11 is 6.27. The minimum absolute atomic E-state index is 0.0684. The molecule has 54 heavy (non-hydrogen) atoms. The van der Waals surface area contributed by atoms with E-state index in [4.69, 9.17) is 20.8 Å². The van der Waals surface area contributed by atoms with Gasteiger partial charge in [0.1, 0.15) is 17.1 Å². The number of carbonyl (C=O) groups is 1. The molecule has 9 heteroatoms. The van der Waals surface area contributed by atoms with Crippen molar-refractivity contribution in [1.82, 2.24) is 4.90 Å². The van der Waals surface area contributed by atoms with Gasteiger partial charge in [-0.1, -0.05) is 116 Å². The highest BCUT2D eigenvalue weighted by Crippen LogP contribution is 2.44. The molecule has 0 saturated carbocycles. The lowest BCUT2D eigenvalue weighted by molar-refractivity contribution is 0.0695. The van der Waals surface area contributed by atoms with Gasteiger partial charge in [-0.25, -0.2) is 4.79 Å². The normalized spacial score (nSPS) is 17.5. The van der Waals surface area contributed by atoms with Crippen LogP contribution in [0.4, 0.5) is 5.69 Å². The number of allylic oxidation sites excluding steroid dienone is 1. The highest BCUT2D eigenvalue weighted by Gasteiger charge is 2.42. The molecule has 3 aromatic rings. The SMILES string of the molecule is CC1(C)CCC(CN2CCN(c3cc(Oc4ccccc4CO[Si](C)(C)C(C)(C)C)c(C(=O)O)c([Si](C)(C)C(C)(C)C)c3)CC2)=C(c2ccc(Cl)cc2)C1. The van der Waals surface area contributed by atoms with Crippen LogP contribution in [-0.2, 0) is 11.0 Å². The summed E-state index contributed by atoms with van der Waals surface area (Å²) in [6.45, 7) is 32.2. The number of nitrogens with zero attached hydrogens (tertiary/aromatic N) is 2. The fourth-order valence-corrected chi connectivity index (χ4v) is 10.4.